The molecule has 98 valence electrons. The van der Waals surface area contributed by atoms with Gasteiger partial charge in [0.2, 0.25) is 0 Å². The molecular formula is C12H10BrClN4O. The Labute approximate surface area is 123 Å². The van der Waals surface area contributed by atoms with E-state index in [0.29, 0.717) is 5.82 Å². The molecule has 0 fully saturated rings. The molecule has 0 aliphatic rings. The highest BCUT2D eigenvalue weighted by molar-refractivity contribution is 9.10. The molecule has 1 amide bonds. The van der Waals surface area contributed by atoms with E-state index in [-0.39, 0.29) is 22.3 Å². The van der Waals surface area contributed by atoms with Crippen molar-refractivity contribution in [1.29, 1.82) is 0 Å². The Morgan fingerprint density at radius 3 is 2.89 bits per heavy atom. The van der Waals surface area contributed by atoms with E-state index in [0.717, 1.165) is 10.2 Å². The third-order valence-corrected chi connectivity index (χ3v) is 3.45. The quantitative estimate of drug-likeness (QED) is 0.823. The summed E-state index contributed by atoms with van der Waals surface area (Å²) in [7, 11) is 0. The van der Waals surface area contributed by atoms with Crippen molar-refractivity contribution in [2.75, 3.05) is 11.1 Å². The number of carbonyl (C=O) groups excluding carboxylic acids is 1. The number of hydrogen-bond donors (Lipinski definition) is 2. The molecule has 0 aliphatic heterocycles. The number of nitrogens with two attached hydrogens (primary N) is 1. The number of nitrogen functional groups attached to an aromatic ring is 1. The third kappa shape index (κ3) is 3.21. The normalized spacial score (nSPS) is 10.3. The van der Waals surface area contributed by atoms with Gasteiger partial charge in [-0.05, 0) is 41.1 Å². The first kappa shape index (κ1) is 13.8. The Kier molecular flexibility index (Phi) is 4.01. The number of carbonyl (C=O) groups is 1. The monoisotopic (exact) mass is 340 g/mol. The van der Waals surface area contributed by atoms with Gasteiger partial charge in [0.05, 0.1) is 23.1 Å². The van der Waals surface area contributed by atoms with Crippen LogP contribution in [0.25, 0.3) is 0 Å². The second-order valence-corrected chi connectivity index (χ2v) is 5.05. The van der Waals surface area contributed by atoms with E-state index in [4.69, 9.17) is 17.3 Å². The lowest BCUT2D eigenvalue weighted by Gasteiger charge is -2.08. The number of pyridine rings is 2. The Morgan fingerprint density at radius 2 is 2.21 bits per heavy atom. The molecule has 2 heterocycles. The van der Waals surface area contributed by atoms with Gasteiger partial charge in [-0.2, -0.15) is 0 Å². The maximum Gasteiger partial charge on any atom is 0.259 e. The lowest BCUT2D eigenvalue weighted by molar-refractivity contribution is 0.102. The van der Waals surface area contributed by atoms with Gasteiger partial charge in [0.1, 0.15) is 11.0 Å². The van der Waals surface area contributed by atoms with Crippen molar-refractivity contribution < 1.29 is 4.79 Å². The lowest BCUT2D eigenvalue weighted by Crippen LogP contribution is -2.15. The average Bonchev–Trinajstić information content (AvgIpc) is 2.36. The molecule has 2 aromatic heterocycles. The molecule has 7 heteroatoms. The molecule has 0 radical (unpaired) electrons. The number of rotatable bonds is 2. The molecule has 5 nitrogen and oxygen atoms in total. The van der Waals surface area contributed by atoms with Crippen LogP contribution in [0.5, 0.6) is 0 Å². The highest BCUT2D eigenvalue weighted by Gasteiger charge is 2.12. The van der Waals surface area contributed by atoms with Crippen LogP contribution in [0.3, 0.4) is 0 Å². The molecule has 0 aliphatic carbocycles. The number of anilines is 2. The van der Waals surface area contributed by atoms with E-state index >= 15 is 0 Å². The Hall–Kier alpha value is -1.66. The molecule has 0 aromatic carbocycles. The molecule has 3 N–H and O–H groups in total. The number of aryl methyl sites for hydroxylation is 1. The summed E-state index contributed by atoms with van der Waals surface area (Å²) in [5.74, 6) is 0.0639. The molecule has 0 saturated carbocycles. The SMILES string of the molecule is Cc1nc(NC(=O)c2cc(Cl)ncc2N)ccc1Br. The van der Waals surface area contributed by atoms with Gasteiger partial charge in [0.25, 0.3) is 5.91 Å². The molecular weight excluding hydrogens is 332 g/mol. The van der Waals surface area contributed by atoms with Crippen molar-refractivity contribution in [2.24, 2.45) is 0 Å². The van der Waals surface area contributed by atoms with E-state index in [2.05, 4.69) is 31.2 Å². The van der Waals surface area contributed by atoms with E-state index in [1.165, 1.54) is 12.3 Å². The Bertz CT molecular complexity index is 648. The van der Waals surface area contributed by atoms with Gasteiger partial charge in [-0.15, -0.1) is 0 Å². The Morgan fingerprint density at radius 1 is 1.47 bits per heavy atom. The third-order valence-electron chi connectivity index (χ3n) is 2.41. The fraction of sp³-hybridized carbons (Fsp3) is 0.0833. The molecule has 2 aromatic rings. The minimum absolute atomic E-state index is 0.208. The van der Waals surface area contributed by atoms with Gasteiger partial charge >= 0.3 is 0 Å². The van der Waals surface area contributed by atoms with E-state index < -0.39 is 0 Å². The first-order valence-corrected chi connectivity index (χ1v) is 6.50. The van der Waals surface area contributed by atoms with Crippen LogP contribution in [-0.2, 0) is 0 Å². The van der Waals surface area contributed by atoms with Crippen molar-refractivity contribution in [3.8, 4) is 0 Å². The van der Waals surface area contributed by atoms with Crippen LogP contribution in [0.2, 0.25) is 5.15 Å². The van der Waals surface area contributed by atoms with Gasteiger partial charge in [-0.3, -0.25) is 4.79 Å². The van der Waals surface area contributed by atoms with Crippen LogP contribution < -0.4 is 11.1 Å². The molecule has 0 unspecified atom stereocenters. The van der Waals surface area contributed by atoms with Crippen LogP contribution in [0.4, 0.5) is 11.5 Å². The first-order chi connectivity index (χ1) is 8.97. The van der Waals surface area contributed by atoms with Crippen molar-refractivity contribution in [2.45, 2.75) is 6.92 Å². The number of nitrogens with one attached hydrogen (secondary N) is 1. The zero-order valence-corrected chi connectivity index (χ0v) is 12.3. The fourth-order valence-corrected chi connectivity index (χ4v) is 1.81. The summed E-state index contributed by atoms with van der Waals surface area (Å²) < 4.78 is 0.872. The van der Waals surface area contributed by atoms with Crippen LogP contribution in [0, 0.1) is 6.92 Å². The van der Waals surface area contributed by atoms with Crippen LogP contribution in [0.1, 0.15) is 16.1 Å². The minimum Gasteiger partial charge on any atom is -0.397 e. The van der Waals surface area contributed by atoms with Crippen LogP contribution in [-0.4, -0.2) is 15.9 Å². The molecule has 0 saturated heterocycles. The number of nitrogens with zero attached hydrogens (tertiary/aromatic N) is 2. The topological polar surface area (TPSA) is 80.9 Å². The van der Waals surface area contributed by atoms with Gasteiger partial charge in [0.15, 0.2) is 0 Å². The van der Waals surface area contributed by atoms with E-state index in [9.17, 15) is 4.79 Å². The first-order valence-electron chi connectivity index (χ1n) is 5.33. The smallest absolute Gasteiger partial charge is 0.259 e. The predicted molar refractivity (Wildman–Crippen MR) is 78.3 cm³/mol. The number of amides is 1. The van der Waals surface area contributed by atoms with Crippen LogP contribution >= 0.6 is 27.5 Å². The van der Waals surface area contributed by atoms with E-state index in [1.807, 2.05) is 6.92 Å². The largest absolute Gasteiger partial charge is 0.397 e. The minimum atomic E-state index is -0.379. The second-order valence-electron chi connectivity index (χ2n) is 3.81. The molecule has 19 heavy (non-hydrogen) atoms. The number of hydrogen-bond acceptors (Lipinski definition) is 4. The fourth-order valence-electron chi connectivity index (χ4n) is 1.43. The van der Waals surface area contributed by atoms with Gasteiger partial charge in [-0.1, -0.05) is 11.6 Å². The van der Waals surface area contributed by atoms with Gasteiger partial charge in [0, 0.05) is 4.47 Å². The highest BCUT2D eigenvalue weighted by atomic mass is 79.9. The zero-order valence-electron chi connectivity index (χ0n) is 9.95. The summed E-state index contributed by atoms with van der Waals surface area (Å²) >= 11 is 9.08. The number of halogens is 2. The second kappa shape index (κ2) is 5.54. The summed E-state index contributed by atoms with van der Waals surface area (Å²) in [5.41, 5.74) is 6.99. The molecule has 0 atom stereocenters. The van der Waals surface area contributed by atoms with Crippen molar-refractivity contribution in [1.82, 2.24) is 9.97 Å². The van der Waals surface area contributed by atoms with Crippen molar-refractivity contribution in [3.63, 3.8) is 0 Å². The van der Waals surface area contributed by atoms with Crippen molar-refractivity contribution in [3.05, 3.63) is 45.3 Å². The summed E-state index contributed by atoms with van der Waals surface area (Å²) in [4.78, 5) is 20.1. The number of aromatic nitrogens is 2. The average molecular weight is 342 g/mol. The highest BCUT2D eigenvalue weighted by Crippen LogP contribution is 2.19. The van der Waals surface area contributed by atoms with Gasteiger partial charge in [-0.25, -0.2) is 9.97 Å². The lowest BCUT2D eigenvalue weighted by atomic mass is 10.2. The maximum atomic E-state index is 12.1. The van der Waals surface area contributed by atoms with E-state index in [1.54, 1.807) is 12.1 Å². The summed E-state index contributed by atoms with van der Waals surface area (Å²) in [6.45, 7) is 1.83. The molecule has 0 spiro atoms. The predicted octanol–water partition coefficient (Wildman–Crippen LogP) is 3.04. The molecule has 0 bridgehead atoms. The summed E-state index contributed by atoms with van der Waals surface area (Å²) in [5, 5.41) is 2.86. The van der Waals surface area contributed by atoms with Crippen molar-refractivity contribution >= 4 is 44.9 Å². The Balaban J connectivity index is 2.25. The summed E-state index contributed by atoms with van der Waals surface area (Å²) in [6.07, 6.45) is 1.34. The summed E-state index contributed by atoms with van der Waals surface area (Å²) in [6, 6.07) is 4.91. The maximum absolute atomic E-state index is 12.1. The molecule has 2 rings (SSSR count). The standard InChI is InChI=1S/C12H10BrClN4O/c1-6-8(13)2-3-11(17-6)18-12(19)7-4-10(14)16-5-9(7)15/h2-5H,15H2,1H3,(H,17,18,19). The van der Waals surface area contributed by atoms with Gasteiger partial charge < -0.3 is 11.1 Å². The zero-order chi connectivity index (χ0) is 14.0. The van der Waals surface area contributed by atoms with Crippen LogP contribution in [0.15, 0.2) is 28.9 Å².